The zero-order chi connectivity index (χ0) is 13.8. The quantitative estimate of drug-likeness (QED) is 0.772. The number of halogens is 2. The Bertz CT molecular complexity index is 574. The minimum Gasteiger partial charge on any atom is -0.497 e. The largest absolute Gasteiger partial charge is 0.497 e. The van der Waals surface area contributed by atoms with Gasteiger partial charge in [0.15, 0.2) is 0 Å². The molecule has 0 N–H and O–H groups in total. The van der Waals surface area contributed by atoms with Gasteiger partial charge in [-0.3, -0.25) is 0 Å². The first-order valence-electron chi connectivity index (χ1n) is 5.88. The smallest absolute Gasteiger partial charge is 0.129 e. The maximum Gasteiger partial charge on any atom is 0.129 e. The molecule has 0 radical (unpaired) electrons. The normalized spacial score (nSPS) is 10.3. The Labute approximate surface area is 117 Å². The van der Waals surface area contributed by atoms with Crippen molar-refractivity contribution in [1.82, 2.24) is 0 Å². The van der Waals surface area contributed by atoms with Gasteiger partial charge in [0.1, 0.15) is 11.6 Å². The zero-order valence-corrected chi connectivity index (χ0v) is 11.6. The van der Waals surface area contributed by atoms with E-state index in [4.69, 9.17) is 16.3 Å². The molecule has 19 heavy (non-hydrogen) atoms. The molecule has 0 atom stereocenters. The van der Waals surface area contributed by atoms with Gasteiger partial charge in [0.05, 0.1) is 13.0 Å². The predicted molar refractivity (Wildman–Crippen MR) is 77.0 cm³/mol. The zero-order valence-electron chi connectivity index (χ0n) is 10.9. The molecule has 0 saturated heterocycles. The van der Waals surface area contributed by atoms with Gasteiger partial charge in [0.25, 0.3) is 0 Å². The van der Waals surface area contributed by atoms with E-state index in [1.54, 1.807) is 13.2 Å². The molecule has 0 heterocycles. The highest BCUT2D eigenvalue weighted by Crippen LogP contribution is 2.31. The second-order valence-corrected chi connectivity index (χ2v) is 4.40. The first kappa shape index (κ1) is 13.7. The van der Waals surface area contributed by atoms with E-state index < -0.39 is 0 Å². The van der Waals surface area contributed by atoms with Crippen molar-refractivity contribution in [1.29, 1.82) is 0 Å². The Kier molecular flexibility index (Phi) is 4.27. The molecular formula is C15H15ClFNO. The molecule has 0 amide bonds. The van der Waals surface area contributed by atoms with E-state index in [1.807, 2.05) is 42.3 Å². The number of alkyl halides is 1. The van der Waals surface area contributed by atoms with E-state index in [-0.39, 0.29) is 11.7 Å². The van der Waals surface area contributed by atoms with Crippen LogP contribution in [-0.4, -0.2) is 14.2 Å². The highest BCUT2D eigenvalue weighted by atomic mass is 35.5. The van der Waals surface area contributed by atoms with Crippen molar-refractivity contribution in [3.05, 3.63) is 53.8 Å². The summed E-state index contributed by atoms with van der Waals surface area (Å²) < 4.78 is 18.9. The average Bonchev–Trinajstić information content (AvgIpc) is 2.46. The van der Waals surface area contributed by atoms with Crippen LogP contribution in [0.15, 0.2) is 42.5 Å². The van der Waals surface area contributed by atoms with E-state index >= 15 is 0 Å². The number of benzene rings is 2. The van der Waals surface area contributed by atoms with Crippen LogP contribution in [0.4, 0.5) is 15.8 Å². The molecule has 0 aliphatic carbocycles. The monoisotopic (exact) mass is 279 g/mol. The predicted octanol–water partition coefficient (Wildman–Crippen LogP) is 4.34. The molecule has 0 saturated carbocycles. The van der Waals surface area contributed by atoms with Crippen molar-refractivity contribution in [3.63, 3.8) is 0 Å². The van der Waals surface area contributed by atoms with E-state index in [2.05, 4.69) is 0 Å². The lowest BCUT2D eigenvalue weighted by atomic mass is 10.1. The van der Waals surface area contributed by atoms with E-state index in [0.29, 0.717) is 5.56 Å². The Hall–Kier alpha value is -1.74. The Morgan fingerprint density at radius 1 is 1.21 bits per heavy atom. The lowest BCUT2D eigenvalue weighted by molar-refractivity contribution is 0.415. The summed E-state index contributed by atoms with van der Waals surface area (Å²) in [5, 5.41) is 0. The number of nitrogens with zero attached hydrogens (tertiary/aromatic N) is 1. The number of hydrogen-bond acceptors (Lipinski definition) is 2. The SMILES string of the molecule is COc1cccc(N(C)c2cccc(F)c2CCl)c1. The lowest BCUT2D eigenvalue weighted by Crippen LogP contribution is -2.12. The van der Waals surface area contributed by atoms with Gasteiger partial charge >= 0.3 is 0 Å². The van der Waals surface area contributed by atoms with Crippen molar-refractivity contribution in [3.8, 4) is 5.75 Å². The molecule has 0 bridgehead atoms. The topological polar surface area (TPSA) is 12.5 Å². The molecule has 2 aromatic rings. The van der Waals surface area contributed by atoms with E-state index in [1.165, 1.54) is 6.07 Å². The Morgan fingerprint density at radius 3 is 2.63 bits per heavy atom. The van der Waals surface area contributed by atoms with Crippen LogP contribution in [0.2, 0.25) is 0 Å². The maximum atomic E-state index is 13.7. The third-order valence-electron chi connectivity index (χ3n) is 3.03. The fraction of sp³-hybridized carbons (Fsp3) is 0.200. The molecule has 2 nitrogen and oxygen atoms in total. The number of rotatable bonds is 4. The van der Waals surface area contributed by atoms with E-state index in [0.717, 1.165) is 17.1 Å². The van der Waals surface area contributed by atoms with Crippen molar-refractivity contribution in [2.24, 2.45) is 0 Å². The standard InChI is InChI=1S/C15H15ClFNO/c1-18(11-5-3-6-12(9-11)19-2)15-8-4-7-14(17)13(15)10-16/h3-9H,10H2,1-2H3. The summed E-state index contributed by atoms with van der Waals surface area (Å²) in [4.78, 5) is 1.89. The molecule has 0 spiro atoms. The van der Waals surface area contributed by atoms with Crippen LogP contribution in [0, 0.1) is 5.82 Å². The van der Waals surface area contributed by atoms with Gasteiger partial charge in [0, 0.05) is 30.1 Å². The Morgan fingerprint density at radius 2 is 1.95 bits per heavy atom. The first-order valence-corrected chi connectivity index (χ1v) is 6.42. The van der Waals surface area contributed by atoms with E-state index in [9.17, 15) is 4.39 Å². The number of ether oxygens (including phenoxy) is 1. The minimum atomic E-state index is -0.290. The highest BCUT2D eigenvalue weighted by Gasteiger charge is 2.12. The van der Waals surface area contributed by atoms with Crippen LogP contribution >= 0.6 is 11.6 Å². The van der Waals surface area contributed by atoms with Crippen LogP contribution in [-0.2, 0) is 5.88 Å². The molecule has 0 fully saturated rings. The molecular weight excluding hydrogens is 265 g/mol. The molecule has 2 aromatic carbocycles. The fourth-order valence-electron chi connectivity index (χ4n) is 1.95. The number of anilines is 2. The summed E-state index contributed by atoms with van der Waals surface area (Å²) in [6.07, 6.45) is 0. The summed E-state index contributed by atoms with van der Waals surface area (Å²) in [6, 6.07) is 12.5. The summed E-state index contributed by atoms with van der Waals surface area (Å²) in [6.45, 7) is 0. The van der Waals surface area contributed by atoms with Crippen LogP contribution in [0.25, 0.3) is 0 Å². The van der Waals surface area contributed by atoms with Gasteiger partial charge in [-0.05, 0) is 24.3 Å². The van der Waals surface area contributed by atoms with Crippen LogP contribution in [0.3, 0.4) is 0 Å². The second kappa shape index (κ2) is 5.93. The summed E-state index contributed by atoms with van der Waals surface area (Å²) in [5.74, 6) is 0.603. The molecule has 2 rings (SSSR count). The van der Waals surface area contributed by atoms with Gasteiger partial charge < -0.3 is 9.64 Å². The van der Waals surface area contributed by atoms with Crippen molar-refractivity contribution in [2.45, 2.75) is 5.88 Å². The second-order valence-electron chi connectivity index (χ2n) is 4.13. The number of methoxy groups -OCH3 is 1. The molecule has 0 aliphatic rings. The molecule has 4 heteroatoms. The van der Waals surface area contributed by atoms with Gasteiger partial charge in [-0.25, -0.2) is 4.39 Å². The third-order valence-corrected chi connectivity index (χ3v) is 3.30. The lowest BCUT2D eigenvalue weighted by Gasteiger charge is -2.22. The third kappa shape index (κ3) is 2.82. The first-order chi connectivity index (χ1) is 9.17. The van der Waals surface area contributed by atoms with Gasteiger partial charge in [-0.2, -0.15) is 0 Å². The van der Waals surface area contributed by atoms with Gasteiger partial charge in [-0.15, -0.1) is 11.6 Å². The average molecular weight is 280 g/mol. The minimum absolute atomic E-state index is 0.135. The van der Waals surface area contributed by atoms with Gasteiger partial charge in [0.2, 0.25) is 0 Å². The highest BCUT2D eigenvalue weighted by molar-refractivity contribution is 6.17. The van der Waals surface area contributed by atoms with Crippen molar-refractivity contribution >= 4 is 23.0 Å². The van der Waals surface area contributed by atoms with Crippen molar-refractivity contribution < 1.29 is 9.13 Å². The molecule has 0 aliphatic heterocycles. The summed E-state index contributed by atoms with van der Waals surface area (Å²) in [5.41, 5.74) is 2.16. The molecule has 0 aromatic heterocycles. The van der Waals surface area contributed by atoms with Crippen LogP contribution < -0.4 is 9.64 Å². The molecule has 0 unspecified atom stereocenters. The van der Waals surface area contributed by atoms with Gasteiger partial charge in [-0.1, -0.05) is 12.1 Å². The maximum absolute atomic E-state index is 13.7. The fourth-order valence-corrected chi connectivity index (χ4v) is 2.22. The molecule has 100 valence electrons. The van der Waals surface area contributed by atoms with Crippen LogP contribution in [0.1, 0.15) is 5.56 Å². The summed E-state index contributed by atoms with van der Waals surface area (Å²) >= 11 is 5.84. The summed E-state index contributed by atoms with van der Waals surface area (Å²) in [7, 11) is 3.49. The van der Waals surface area contributed by atoms with Crippen molar-refractivity contribution in [2.75, 3.05) is 19.1 Å². The Balaban J connectivity index is 2.43. The number of hydrogen-bond donors (Lipinski definition) is 0. The van der Waals surface area contributed by atoms with Crippen LogP contribution in [0.5, 0.6) is 5.75 Å².